The molecule has 0 aromatic heterocycles. The minimum absolute atomic E-state index is 0.0853. The van der Waals surface area contributed by atoms with Gasteiger partial charge in [0.1, 0.15) is 0 Å². The normalized spacial score (nSPS) is 25.9. The molecule has 1 heteroatoms. The zero-order valence-corrected chi connectivity index (χ0v) is 10.4. The van der Waals surface area contributed by atoms with E-state index in [1.807, 2.05) is 6.07 Å². The molecule has 1 aromatic carbocycles. The largest absolute Gasteiger partial charge is 0.393 e. The Hall–Kier alpha value is -1.08. The molecule has 1 aliphatic rings. The number of hydrogen-bond acceptors (Lipinski definition) is 1. The lowest BCUT2D eigenvalue weighted by molar-refractivity contribution is 0.102. The van der Waals surface area contributed by atoms with E-state index in [0.717, 1.165) is 12.8 Å². The maximum Gasteiger partial charge on any atom is 0.0571 e. The van der Waals surface area contributed by atoms with E-state index in [1.54, 1.807) is 0 Å². The van der Waals surface area contributed by atoms with Gasteiger partial charge in [0.2, 0.25) is 0 Å². The van der Waals surface area contributed by atoms with Crippen LogP contribution < -0.4 is 0 Å². The van der Waals surface area contributed by atoms with Gasteiger partial charge < -0.3 is 5.11 Å². The Kier molecular flexibility index (Phi) is 4.81. The van der Waals surface area contributed by atoms with Gasteiger partial charge in [-0.25, -0.2) is 0 Å². The van der Waals surface area contributed by atoms with Crippen LogP contribution in [0.15, 0.2) is 36.4 Å². The lowest BCUT2D eigenvalue weighted by Crippen LogP contribution is -2.17. The summed E-state index contributed by atoms with van der Waals surface area (Å²) in [5.41, 5.74) is 1.25. The Labute approximate surface area is 104 Å². The monoisotopic (exact) mass is 230 g/mol. The molecule has 1 aliphatic carbocycles. The van der Waals surface area contributed by atoms with Crippen LogP contribution in [0.3, 0.4) is 0 Å². The van der Waals surface area contributed by atoms with Gasteiger partial charge in [-0.2, -0.15) is 0 Å². The molecule has 0 bridgehead atoms. The van der Waals surface area contributed by atoms with Crippen molar-refractivity contribution in [3.63, 3.8) is 0 Å². The third-order valence-electron chi connectivity index (χ3n) is 3.67. The van der Waals surface area contributed by atoms with Gasteiger partial charge in [-0.15, -0.1) is 0 Å². The highest BCUT2D eigenvalue weighted by molar-refractivity contribution is 5.48. The maximum atomic E-state index is 10.0. The summed E-state index contributed by atoms with van der Waals surface area (Å²) in [6, 6.07) is 10.4. The predicted octanol–water partition coefficient (Wildman–Crippen LogP) is 4.03. The molecule has 0 aliphatic heterocycles. The van der Waals surface area contributed by atoms with E-state index >= 15 is 0 Å². The van der Waals surface area contributed by atoms with Crippen LogP contribution in [0.2, 0.25) is 0 Å². The molecular weight excluding hydrogens is 208 g/mol. The fraction of sp³-hybridized carbons (Fsp3) is 0.500. The van der Waals surface area contributed by atoms with Crippen molar-refractivity contribution < 1.29 is 5.11 Å². The van der Waals surface area contributed by atoms with Crippen molar-refractivity contribution >= 4 is 6.08 Å². The third kappa shape index (κ3) is 4.01. The van der Waals surface area contributed by atoms with Crippen molar-refractivity contribution in [1.29, 1.82) is 0 Å². The summed E-state index contributed by atoms with van der Waals surface area (Å²) in [7, 11) is 0. The first kappa shape index (κ1) is 12.4. The summed E-state index contributed by atoms with van der Waals surface area (Å²) in [5.74, 6) is 0.470. The second-order valence-corrected chi connectivity index (χ2v) is 5.01. The molecule has 2 unspecified atom stereocenters. The molecule has 1 nitrogen and oxygen atoms in total. The molecule has 0 heterocycles. The summed E-state index contributed by atoms with van der Waals surface area (Å²) in [5, 5.41) is 10.0. The number of benzene rings is 1. The number of aliphatic hydroxyl groups excluding tert-OH is 1. The molecule has 0 radical (unpaired) electrons. The zero-order valence-electron chi connectivity index (χ0n) is 10.4. The van der Waals surface area contributed by atoms with E-state index in [0.29, 0.717) is 5.92 Å². The maximum absolute atomic E-state index is 10.0. The average molecular weight is 230 g/mol. The smallest absolute Gasteiger partial charge is 0.0571 e. The van der Waals surface area contributed by atoms with Crippen molar-refractivity contribution in [2.75, 3.05) is 0 Å². The Bertz CT molecular complexity index is 342. The van der Waals surface area contributed by atoms with E-state index in [4.69, 9.17) is 0 Å². The van der Waals surface area contributed by atoms with Crippen molar-refractivity contribution in [2.24, 2.45) is 5.92 Å². The van der Waals surface area contributed by atoms with Crippen LogP contribution in [-0.4, -0.2) is 11.2 Å². The van der Waals surface area contributed by atoms with E-state index in [1.165, 1.54) is 31.2 Å². The zero-order chi connectivity index (χ0) is 11.9. The van der Waals surface area contributed by atoms with Gasteiger partial charge in [-0.1, -0.05) is 61.7 Å². The van der Waals surface area contributed by atoms with Crippen LogP contribution in [0.25, 0.3) is 6.08 Å². The van der Waals surface area contributed by atoms with Crippen molar-refractivity contribution in [3.05, 3.63) is 42.0 Å². The Balaban J connectivity index is 1.86. The SMILES string of the molecule is OC1CCCCCC1CC=Cc1ccccc1. The highest BCUT2D eigenvalue weighted by Crippen LogP contribution is 2.26. The second kappa shape index (κ2) is 6.61. The van der Waals surface area contributed by atoms with Gasteiger partial charge in [-0.05, 0) is 30.7 Å². The third-order valence-corrected chi connectivity index (χ3v) is 3.67. The van der Waals surface area contributed by atoms with Gasteiger partial charge >= 0.3 is 0 Å². The number of aliphatic hydroxyl groups is 1. The van der Waals surface area contributed by atoms with E-state index in [-0.39, 0.29) is 6.10 Å². The van der Waals surface area contributed by atoms with Gasteiger partial charge in [0, 0.05) is 0 Å². The minimum atomic E-state index is -0.0853. The molecule has 0 saturated heterocycles. The quantitative estimate of drug-likeness (QED) is 0.777. The summed E-state index contributed by atoms with van der Waals surface area (Å²) in [6.07, 6.45) is 11.2. The average Bonchev–Trinajstić information content (AvgIpc) is 2.56. The fourth-order valence-electron chi connectivity index (χ4n) is 2.58. The Morgan fingerprint density at radius 1 is 1.06 bits per heavy atom. The predicted molar refractivity (Wildman–Crippen MR) is 72.7 cm³/mol. The molecule has 1 fully saturated rings. The number of rotatable bonds is 3. The topological polar surface area (TPSA) is 20.2 Å². The van der Waals surface area contributed by atoms with Crippen molar-refractivity contribution in [3.8, 4) is 0 Å². The van der Waals surface area contributed by atoms with Gasteiger partial charge in [-0.3, -0.25) is 0 Å². The van der Waals surface area contributed by atoms with Crippen LogP contribution in [0.1, 0.15) is 44.1 Å². The summed E-state index contributed by atoms with van der Waals surface area (Å²) in [6.45, 7) is 0. The van der Waals surface area contributed by atoms with E-state index < -0.39 is 0 Å². The first-order valence-corrected chi connectivity index (χ1v) is 6.76. The molecular formula is C16H22O. The minimum Gasteiger partial charge on any atom is -0.393 e. The van der Waals surface area contributed by atoms with Gasteiger partial charge in [0.05, 0.1) is 6.10 Å². The van der Waals surface area contributed by atoms with Crippen LogP contribution in [0.5, 0.6) is 0 Å². The second-order valence-electron chi connectivity index (χ2n) is 5.01. The lowest BCUT2D eigenvalue weighted by atomic mass is 9.93. The number of allylic oxidation sites excluding steroid dienone is 1. The first-order valence-electron chi connectivity index (χ1n) is 6.76. The Morgan fingerprint density at radius 3 is 2.65 bits per heavy atom. The molecule has 1 aromatic rings. The van der Waals surface area contributed by atoms with Crippen molar-refractivity contribution in [1.82, 2.24) is 0 Å². The van der Waals surface area contributed by atoms with Crippen molar-refractivity contribution in [2.45, 2.75) is 44.6 Å². The lowest BCUT2D eigenvalue weighted by Gasteiger charge is -2.18. The van der Waals surface area contributed by atoms with E-state index in [2.05, 4.69) is 36.4 Å². The van der Waals surface area contributed by atoms with Crippen LogP contribution in [0.4, 0.5) is 0 Å². The van der Waals surface area contributed by atoms with Crippen LogP contribution in [0, 0.1) is 5.92 Å². The molecule has 0 amide bonds. The highest BCUT2D eigenvalue weighted by Gasteiger charge is 2.19. The molecule has 2 atom stereocenters. The fourth-order valence-corrected chi connectivity index (χ4v) is 2.58. The Morgan fingerprint density at radius 2 is 1.82 bits per heavy atom. The molecule has 2 rings (SSSR count). The van der Waals surface area contributed by atoms with E-state index in [9.17, 15) is 5.11 Å². The standard InChI is InChI=1S/C16H22O/c17-16-13-6-2-5-11-15(16)12-7-10-14-8-3-1-4-9-14/h1,3-4,7-10,15-17H,2,5-6,11-13H2. The summed E-state index contributed by atoms with van der Waals surface area (Å²) >= 11 is 0. The van der Waals surface area contributed by atoms with Gasteiger partial charge in [0.15, 0.2) is 0 Å². The molecule has 17 heavy (non-hydrogen) atoms. The first-order chi connectivity index (χ1) is 8.36. The summed E-state index contributed by atoms with van der Waals surface area (Å²) in [4.78, 5) is 0. The van der Waals surface area contributed by atoms with Crippen LogP contribution in [-0.2, 0) is 0 Å². The molecule has 0 spiro atoms. The van der Waals surface area contributed by atoms with Crippen LogP contribution >= 0.6 is 0 Å². The summed E-state index contributed by atoms with van der Waals surface area (Å²) < 4.78 is 0. The molecule has 92 valence electrons. The molecule has 1 N–H and O–H groups in total. The highest BCUT2D eigenvalue weighted by atomic mass is 16.3. The molecule has 1 saturated carbocycles. The van der Waals surface area contributed by atoms with Gasteiger partial charge in [0.25, 0.3) is 0 Å². The number of hydrogen-bond donors (Lipinski definition) is 1.